The lowest BCUT2D eigenvalue weighted by atomic mass is 9.97. The van der Waals surface area contributed by atoms with Gasteiger partial charge in [0.05, 0.1) is 0 Å². The van der Waals surface area contributed by atoms with Crippen LogP contribution in [0.4, 0.5) is 0 Å². The van der Waals surface area contributed by atoms with E-state index in [0.29, 0.717) is 5.92 Å². The maximum absolute atomic E-state index is 10.8. The van der Waals surface area contributed by atoms with Crippen LogP contribution in [-0.2, 0) is 6.42 Å². The number of aldehydes is 1. The summed E-state index contributed by atoms with van der Waals surface area (Å²) in [5.74, 6) is 0.654. The van der Waals surface area contributed by atoms with Gasteiger partial charge in [0.25, 0.3) is 0 Å². The van der Waals surface area contributed by atoms with Gasteiger partial charge in [-0.3, -0.25) is 4.79 Å². The second kappa shape index (κ2) is 5.63. The van der Waals surface area contributed by atoms with Crippen molar-refractivity contribution >= 4 is 6.29 Å². The van der Waals surface area contributed by atoms with Crippen molar-refractivity contribution in [2.24, 2.45) is 5.92 Å². The summed E-state index contributed by atoms with van der Waals surface area (Å²) in [7, 11) is 0. The lowest BCUT2D eigenvalue weighted by molar-refractivity contribution is 0.112. The molecule has 92 valence electrons. The monoisotopic (exact) mass is 238 g/mol. The summed E-state index contributed by atoms with van der Waals surface area (Å²) < 4.78 is 0. The third-order valence-corrected chi connectivity index (χ3v) is 2.93. The Kier molecular flexibility index (Phi) is 3.93. The second-order valence-corrected chi connectivity index (χ2v) is 5.04. The van der Waals surface area contributed by atoms with Crippen LogP contribution in [0.1, 0.15) is 29.8 Å². The van der Waals surface area contributed by atoms with Gasteiger partial charge >= 0.3 is 0 Å². The van der Waals surface area contributed by atoms with Crippen LogP contribution >= 0.6 is 0 Å². The third-order valence-electron chi connectivity index (χ3n) is 2.93. The van der Waals surface area contributed by atoms with E-state index in [1.807, 2.05) is 24.3 Å². The largest absolute Gasteiger partial charge is 0.298 e. The Morgan fingerprint density at radius 1 is 1.00 bits per heavy atom. The molecule has 0 saturated heterocycles. The van der Waals surface area contributed by atoms with Crippen LogP contribution in [0, 0.1) is 5.92 Å². The van der Waals surface area contributed by atoms with Gasteiger partial charge in [-0.05, 0) is 35.1 Å². The molecular weight excluding hydrogens is 220 g/mol. The van der Waals surface area contributed by atoms with Gasteiger partial charge in [-0.1, -0.05) is 56.3 Å². The van der Waals surface area contributed by atoms with Gasteiger partial charge in [0.15, 0.2) is 0 Å². The molecule has 0 radical (unpaired) electrons. The number of carbonyl (C=O) groups is 1. The van der Waals surface area contributed by atoms with Gasteiger partial charge in [-0.25, -0.2) is 0 Å². The van der Waals surface area contributed by atoms with Crippen LogP contribution in [0.5, 0.6) is 0 Å². The average Bonchev–Trinajstić information content (AvgIpc) is 2.38. The van der Waals surface area contributed by atoms with Crippen molar-refractivity contribution in [3.05, 3.63) is 59.7 Å². The number of benzene rings is 2. The number of hydrogen-bond donors (Lipinski definition) is 0. The maximum Gasteiger partial charge on any atom is 0.150 e. The molecule has 0 saturated carbocycles. The van der Waals surface area contributed by atoms with E-state index >= 15 is 0 Å². The Labute approximate surface area is 108 Å². The zero-order valence-electron chi connectivity index (χ0n) is 10.9. The highest BCUT2D eigenvalue weighted by Crippen LogP contribution is 2.22. The van der Waals surface area contributed by atoms with Crippen LogP contribution in [-0.4, -0.2) is 6.29 Å². The van der Waals surface area contributed by atoms with Gasteiger partial charge in [-0.2, -0.15) is 0 Å². The molecule has 0 atom stereocenters. The summed E-state index contributed by atoms with van der Waals surface area (Å²) in [6.45, 7) is 4.44. The first-order valence-corrected chi connectivity index (χ1v) is 6.33. The van der Waals surface area contributed by atoms with Crippen molar-refractivity contribution in [2.75, 3.05) is 0 Å². The molecule has 0 aliphatic heterocycles. The molecule has 2 rings (SSSR count). The smallest absolute Gasteiger partial charge is 0.150 e. The topological polar surface area (TPSA) is 17.1 Å². The molecule has 0 heterocycles. The number of carbonyl (C=O) groups excluding carboxylic acids is 1. The van der Waals surface area contributed by atoms with E-state index in [2.05, 4.69) is 38.1 Å². The van der Waals surface area contributed by atoms with Gasteiger partial charge in [0.2, 0.25) is 0 Å². The molecule has 1 nitrogen and oxygen atoms in total. The highest BCUT2D eigenvalue weighted by Gasteiger charge is 2.02. The molecule has 0 fully saturated rings. The Hall–Kier alpha value is -1.89. The summed E-state index contributed by atoms with van der Waals surface area (Å²) in [5, 5.41) is 0. The summed E-state index contributed by atoms with van der Waals surface area (Å²) in [6.07, 6.45) is 1.97. The highest BCUT2D eigenvalue weighted by molar-refractivity contribution is 5.78. The fourth-order valence-electron chi connectivity index (χ4n) is 2.14. The molecule has 0 aliphatic rings. The van der Waals surface area contributed by atoms with Crippen molar-refractivity contribution in [3.8, 4) is 11.1 Å². The summed E-state index contributed by atoms with van der Waals surface area (Å²) in [6, 6.07) is 16.3. The fraction of sp³-hybridized carbons (Fsp3) is 0.235. The van der Waals surface area contributed by atoms with Gasteiger partial charge in [0.1, 0.15) is 6.29 Å². The Morgan fingerprint density at radius 3 is 2.33 bits per heavy atom. The van der Waals surface area contributed by atoms with E-state index < -0.39 is 0 Å². The van der Waals surface area contributed by atoms with Crippen molar-refractivity contribution in [3.63, 3.8) is 0 Å². The first-order valence-electron chi connectivity index (χ1n) is 6.33. The lowest BCUT2D eigenvalue weighted by Crippen LogP contribution is -1.94. The van der Waals surface area contributed by atoms with Crippen molar-refractivity contribution < 1.29 is 4.79 Å². The summed E-state index contributed by atoms with van der Waals surface area (Å²) in [5.41, 5.74) is 4.35. The molecule has 18 heavy (non-hydrogen) atoms. The molecule has 0 aliphatic carbocycles. The fourth-order valence-corrected chi connectivity index (χ4v) is 2.14. The van der Waals surface area contributed by atoms with Gasteiger partial charge < -0.3 is 0 Å². The number of hydrogen-bond acceptors (Lipinski definition) is 1. The van der Waals surface area contributed by atoms with E-state index in [4.69, 9.17) is 0 Å². The molecule has 1 heteroatoms. The molecule has 0 unspecified atom stereocenters. The van der Waals surface area contributed by atoms with E-state index in [-0.39, 0.29) is 0 Å². The maximum atomic E-state index is 10.8. The Balaban J connectivity index is 2.34. The van der Waals surface area contributed by atoms with Crippen LogP contribution in [0.15, 0.2) is 48.5 Å². The van der Waals surface area contributed by atoms with Gasteiger partial charge in [0, 0.05) is 5.56 Å². The average molecular weight is 238 g/mol. The molecule has 0 aromatic heterocycles. The third kappa shape index (κ3) is 3.07. The standard InChI is InChI=1S/C17H18O/c1-13(2)9-14-5-3-7-16(10-14)17-8-4-6-15(11-17)12-18/h3-8,10-13H,9H2,1-2H3. The minimum Gasteiger partial charge on any atom is -0.298 e. The minimum atomic E-state index is 0.654. The van der Waals surface area contributed by atoms with Crippen LogP contribution < -0.4 is 0 Å². The molecule has 0 amide bonds. The zero-order chi connectivity index (χ0) is 13.0. The molecule has 0 spiro atoms. The SMILES string of the molecule is CC(C)Cc1cccc(-c2cccc(C=O)c2)c1. The predicted molar refractivity (Wildman–Crippen MR) is 75.8 cm³/mol. The van der Waals surface area contributed by atoms with Crippen LogP contribution in [0.2, 0.25) is 0 Å². The summed E-state index contributed by atoms with van der Waals surface area (Å²) >= 11 is 0. The van der Waals surface area contributed by atoms with Crippen molar-refractivity contribution in [1.82, 2.24) is 0 Å². The molecule has 0 bridgehead atoms. The lowest BCUT2D eigenvalue weighted by Gasteiger charge is -2.08. The quantitative estimate of drug-likeness (QED) is 0.723. The summed E-state index contributed by atoms with van der Waals surface area (Å²) in [4.78, 5) is 10.8. The van der Waals surface area contributed by atoms with Crippen LogP contribution in [0.3, 0.4) is 0 Å². The second-order valence-electron chi connectivity index (χ2n) is 5.04. The van der Waals surface area contributed by atoms with Crippen molar-refractivity contribution in [1.29, 1.82) is 0 Å². The van der Waals surface area contributed by atoms with E-state index in [1.54, 1.807) is 0 Å². The predicted octanol–water partition coefficient (Wildman–Crippen LogP) is 4.36. The Bertz CT molecular complexity index is 541. The van der Waals surface area contributed by atoms with Gasteiger partial charge in [-0.15, -0.1) is 0 Å². The van der Waals surface area contributed by atoms with Crippen LogP contribution in [0.25, 0.3) is 11.1 Å². The first kappa shape index (κ1) is 12.6. The first-order chi connectivity index (χ1) is 8.69. The molecule has 2 aromatic carbocycles. The van der Waals surface area contributed by atoms with E-state index in [1.165, 1.54) is 11.1 Å². The minimum absolute atomic E-state index is 0.654. The molecule has 0 N–H and O–H groups in total. The highest BCUT2D eigenvalue weighted by atomic mass is 16.1. The molecular formula is C17H18O. The van der Waals surface area contributed by atoms with E-state index in [9.17, 15) is 4.79 Å². The zero-order valence-corrected chi connectivity index (χ0v) is 10.9. The van der Waals surface area contributed by atoms with E-state index in [0.717, 1.165) is 23.8 Å². The van der Waals surface area contributed by atoms with Crippen molar-refractivity contribution in [2.45, 2.75) is 20.3 Å². The molecule has 2 aromatic rings. The Morgan fingerprint density at radius 2 is 1.67 bits per heavy atom. The normalized spacial score (nSPS) is 10.6. The number of rotatable bonds is 4.